The highest BCUT2D eigenvalue weighted by atomic mass is 35.5. The Hall–Kier alpha value is -2.71. The van der Waals surface area contributed by atoms with Crippen LogP contribution in [0.15, 0.2) is 36.7 Å². The molecule has 0 unspecified atom stereocenters. The molecular formula is C21H26ClN7O. The molecule has 9 heteroatoms. The van der Waals surface area contributed by atoms with Crippen LogP contribution in [-0.2, 0) is 13.1 Å². The summed E-state index contributed by atoms with van der Waals surface area (Å²) in [6.07, 6.45) is 5.34. The van der Waals surface area contributed by atoms with Crippen LogP contribution in [0.2, 0.25) is 0 Å². The summed E-state index contributed by atoms with van der Waals surface area (Å²) < 4.78 is 4.04. The number of carbonyl (C=O) groups is 1. The van der Waals surface area contributed by atoms with Crippen molar-refractivity contribution in [2.45, 2.75) is 38.8 Å². The van der Waals surface area contributed by atoms with Gasteiger partial charge in [0.25, 0.3) is 5.91 Å². The van der Waals surface area contributed by atoms with Gasteiger partial charge in [-0.15, -0.1) is 22.6 Å². The number of rotatable bonds is 3. The van der Waals surface area contributed by atoms with E-state index in [1.807, 2.05) is 42.3 Å². The van der Waals surface area contributed by atoms with Crippen molar-refractivity contribution in [2.24, 2.45) is 0 Å². The molecule has 0 radical (unpaired) electrons. The van der Waals surface area contributed by atoms with E-state index in [0.29, 0.717) is 11.5 Å². The molecule has 0 saturated carbocycles. The normalized spacial score (nSPS) is 16.8. The maximum atomic E-state index is 13.0. The Morgan fingerprint density at radius 1 is 1.13 bits per heavy atom. The quantitative estimate of drug-likeness (QED) is 0.693. The molecule has 0 atom stereocenters. The number of piperidine rings is 1. The number of aryl methyl sites for hydroxylation is 1. The summed E-state index contributed by atoms with van der Waals surface area (Å²) in [6, 6.07) is 8.04. The molecule has 8 nitrogen and oxygen atoms in total. The Kier molecular flexibility index (Phi) is 5.87. The van der Waals surface area contributed by atoms with Gasteiger partial charge in [0.2, 0.25) is 0 Å². The molecule has 158 valence electrons. The lowest BCUT2D eigenvalue weighted by Crippen LogP contribution is -2.38. The average molecular weight is 428 g/mol. The van der Waals surface area contributed by atoms with Gasteiger partial charge in [-0.25, -0.2) is 4.68 Å². The third-order valence-electron chi connectivity index (χ3n) is 5.99. The van der Waals surface area contributed by atoms with Crippen LogP contribution < -0.4 is 5.32 Å². The van der Waals surface area contributed by atoms with Gasteiger partial charge in [-0.2, -0.15) is 5.10 Å². The van der Waals surface area contributed by atoms with E-state index in [9.17, 15) is 4.79 Å². The molecule has 1 aromatic carbocycles. The van der Waals surface area contributed by atoms with Gasteiger partial charge in [0, 0.05) is 38.3 Å². The summed E-state index contributed by atoms with van der Waals surface area (Å²) in [6.45, 7) is 6.19. The van der Waals surface area contributed by atoms with E-state index in [-0.39, 0.29) is 18.3 Å². The number of carbonyl (C=O) groups excluding carboxylic acids is 1. The minimum Gasteiger partial charge on any atom is -0.339 e. The predicted octanol–water partition coefficient (Wildman–Crippen LogP) is 2.32. The number of halogens is 1. The summed E-state index contributed by atoms with van der Waals surface area (Å²) >= 11 is 0. The number of aromatic nitrogens is 5. The molecule has 5 rings (SSSR count). The summed E-state index contributed by atoms with van der Waals surface area (Å²) in [5, 5.41) is 16.5. The molecule has 3 aromatic rings. The summed E-state index contributed by atoms with van der Waals surface area (Å²) in [4.78, 5) is 14.9. The first kappa shape index (κ1) is 20.6. The fraction of sp³-hybridized carbons (Fsp3) is 0.429. The zero-order chi connectivity index (χ0) is 19.8. The Balaban J connectivity index is 0.00000218. The van der Waals surface area contributed by atoms with Gasteiger partial charge in [-0.1, -0.05) is 18.2 Å². The molecule has 1 amide bonds. The van der Waals surface area contributed by atoms with E-state index >= 15 is 0 Å². The Labute approximate surface area is 181 Å². The third-order valence-corrected chi connectivity index (χ3v) is 5.99. The van der Waals surface area contributed by atoms with Crippen LogP contribution in [0.4, 0.5) is 0 Å². The zero-order valence-electron chi connectivity index (χ0n) is 17.0. The van der Waals surface area contributed by atoms with Crippen LogP contribution in [0.1, 0.15) is 46.3 Å². The van der Waals surface area contributed by atoms with Gasteiger partial charge in [-0.3, -0.25) is 4.79 Å². The van der Waals surface area contributed by atoms with Crippen LogP contribution in [0.5, 0.6) is 0 Å². The second kappa shape index (κ2) is 8.57. The van der Waals surface area contributed by atoms with E-state index < -0.39 is 0 Å². The van der Waals surface area contributed by atoms with Gasteiger partial charge in [0.15, 0.2) is 0 Å². The highest BCUT2D eigenvalue weighted by Crippen LogP contribution is 2.28. The fourth-order valence-electron chi connectivity index (χ4n) is 4.33. The highest BCUT2D eigenvalue weighted by molar-refractivity contribution is 5.93. The molecule has 30 heavy (non-hydrogen) atoms. The lowest BCUT2D eigenvalue weighted by atomic mass is 9.95. The maximum absolute atomic E-state index is 13.0. The van der Waals surface area contributed by atoms with Gasteiger partial charge in [-0.05, 0) is 31.4 Å². The van der Waals surface area contributed by atoms with Crippen molar-refractivity contribution >= 4 is 18.3 Å². The second-order valence-corrected chi connectivity index (χ2v) is 7.83. The number of nitrogens with zero attached hydrogens (tertiary/aromatic N) is 6. The van der Waals surface area contributed by atoms with Crippen molar-refractivity contribution < 1.29 is 4.79 Å². The largest absolute Gasteiger partial charge is 0.339 e. The molecule has 0 spiro atoms. The number of hydrogen-bond donors (Lipinski definition) is 1. The predicted molar refractivity (Wildman–Crippen MR) is 115 cm³/mol. The van der Waals surface area contributed by atoms with Crippen molar-refractivity contribution in [3.05, 3.63) is 59.4 Å². The molecule has 4 heterocycles. The number of amides is 1. The van der Waals surface area contributed by atoms with Crippen molar-refractivity contribution in [3.8, 4) is 5.69 Å². The van der Waals surface area contributed by atoms with Crippen LogP contribution >= 0.6 is 12.4 Å². The van der Waals surface area contributed by atoms with Crippen molar-refractivity contribution in [1.82, 2.24) is 34.8 Å². The van der Waals surface area contributed by atoms with E-state index in [1.54, 1.807) is 10.9 Å². The topological polar surface area (TPSA) is 80.9 Å². The number of benzene rings is 1. The number of nitrogens with one attached hydrogen (secondary N) is 1. The molecule has 1 fully saturated rings. The number of fused-ring (bicyclic) bond motifs is 1. The lowest BCUT2D eigenvalue weighted by Gasteiger charge is -2.31. The molecule has 0 bridgehead atoms. The number of likely N-dealkylation sites (tertiary alicyclic amines) is 1. The minimum atomic E-state index is 0. The molecule has 2 aliphatic rings. The molecular weight excluding hydrogens is 402 g/mol. The molecule has 1 saturated heterocycles. The van der Waals surface area contributed by atoms with Gasteiger partial charge < -0.3 is 14.8 Å². The van der Waals surface area contributed by atoms with Crippen molar-refractivity contribution in [3.63, 3.8) is 0 Å². The van der Waals surface area contributed by atoms with Crippen LogP contribution in [-0.4, -0.2) is 55.0 Å². The fourth-order valence-corrected chi connectivity index (χ4v) is 4.33. The van der Waals surface area contributed by atoms with E-state index in [1.165, 1.54) is 0 Å². The van der Waals surface area contributed by atoms with Crippen LogP contribution in [0.3, 0.4) is 0 Å². The second-order valence-electron chi connectivity index (χ2n) is 7.83. The molecule has 2 aromatic heterocycles. The first-order valence-corrected chi connectivity index (χ1v) is 10.2. The minimum absolute atomic E-state index is 0. The Morgan fingerprint density at radius 3 is 2.73 bits per heavy atom. The smallest absolute Gasteiger partial charge is 0.257 e. The van der Waals surface area contributed by atoms with Gasteiger partial charge >= 0.3 is 0 Å². The summed E-state index contributed by atoms with van der Waals surface area (Å²) in [5.74, 6) is 2.53. The molecule has 0 aliphatic carbocycles. The maximum Gasteiger partial charge on any atom is 0.257 e. The molecule has 2 aliphatic heterocycles. The average Bonchev–Trinajstić information content (AvgIpc) is 3.41. The number of hydrogen-bond acceptors (Lipinski definition) is 5. The first-order valence-electron chi connectivity index (χ1n) is 10.2. The summed E-state index contributed by atoms with van der Waals surface area (Å²) in [7, 11) is 0. The lowest BCUT2D eigenvalue weighted by molar-refractivity contribution is 0.0710. The highest BCUT2D eigenvalue weighted by Gasteiger charge is 2.29. The summed E-state index contributed by atoms with van der Waals surface area (Å²) in [5.41, 5.74) is 2.76. The third kappa shape index (κ3) is 3.73. The number of para-hydroxylation sites is 1. The Bertz CT molecular complexity index is 1040. The molecule has 1 N–H and O–H groups in total. The van der Waals surface area contributed by atoms with Crippen LogP contribution in [0, 0.1) is 6.92 Å². The van der Waals surface area contributed by atoms with Gasteiger partial charge in [0.1, 0.15) is 11.6 Å². The SMILES string of the molecule is Cc1ccccc1-n1cc(C(=O)N2CCC(c3nnc4n3CCNC4)CC2)cn1.Cl. The Morgan fingerprint density at radius 2 is 1.93 bits per heavy atom. The van der Waals surface area contributed by atoms with Crippen molar-refractivity contribution in [1.29, 1.82) is 0 Å². The van der Waals surface area contributed by atoms with E-state index in [4.69, 9.17) is 0 Å². The van der Waals surface area contributed by atoms with E-state index in [0.717, 1.165) is 68.5 Å². The monoisotopic (exact) mass is 427 g/mol. The first-order chi connectivity index (χ1) is 14.2. The van der Waals surface area contributed by atoms with Crippen LogP contribution in [0.25, 0.3) is 5.69 Å². The van der Waals surface area contributed by atoms with E-state index in [2.05, 4.69) is 25.2 Å². The van der Waals surface area contributed by atoms with Crippen molar-refractivity contribution in [2.75, 3.05) is 19.6 Å². The van der Waals surface area contributed by atoms with Gasteiger partial charge in [0.05, 0.1) is 24.0 Å². The zero-order valence-corrected chi connectivity index (χ0v) is 17.8. The standard InChI is InChI=1S/C21H25N7O.ClH/c1-15-4-2-3-5-18(15)28-14-17(12-23-28)21(29)26-9-6-16(7-10-26)20-25-24-19-13-22-8-11-27(19)20;/h2-5,12,14,16,22H,6-11,13H2,1H3;1H.